The Morgan fingerprint density at radius 1 is 1.38 bits per heavy atom. The van der Waals surface area contributed by atoms with Gasteiger partial charge in [0.25, 0.3) is 5.91 Å². The van der Waals surface area contributed by atoms with Crippen LogP contribution in [0.15, 0.2) is 33.4 Å². The fourth-order valence-electron chi connectivity index (χ4n) is 3.30. The number of allylic oxidation sites excluding steroid dienone is 1. The normalized spacial score (nSPS) is 25.3. The van der Waals surface area contributed by atoms with E-state index in [1.54, 1.807) is 11.1 Å². The van der Waals surface area contributed by atoms with E-state index in [1.165, 1.54) is 12.8 Å². The molecule has 0 aromatic rings. The smallest absolute Gasteiger partial charge is 0.257 e. The summed E-state index contributed by atoms with van der Waals surface area (Å²) in [5.41, 5.74) is 1.35. The average molecular weight is 330 g/mol. The molecule has 1 atom stereocenters. The molecule has 6 heteroatoms. The molecule has 1 N–H and O–H groups in total. The highest BCUT2D eigenvalue weighted by Crippen LogP contribution is 2.26. The lowest BCUT2D eigenvalue weighted by Crippen LogP contribution is -2.54. The summed E-state index contributed by atoms with van der Waals surface area (Å²) in [6, 6.07) is -0.0574. The van der Waals surface area contributed by atoms with E-state index in [-0.39, 0.29) is 11.9 Å². The van der Waals surface area contributed by atoms with Crippen LogP contribution in [0.5, 0.6) is 0 Å². The number of likely N-dealkylation sites (tertiary alicyclic amines) is 2. The summed E-state index contributed by atoms with van der Waals surface area (Å²) in [5, 5.41) is 9.45. The second kappa shape index (κ2) is 7.30. The molecule has 130 valence electrons. The monoisotopic (exact) mass is 330 g/mol. The summed E-state index contributed by atoms with van der Waals surface area (Å²) in [7, 11) is 0. The van der Waals surface area contributed by atoms with E-state index in [4.69, 9.17) is 4.99 Å². The van der Waals surface area contributed by atoms with Gasteiger partial charge in [0.05, 0.1) is 23.4 Å². The van der Waals surface area contributed by atoms with Gasteiger partial charge in [0.2, 0.25) is 0 Å². The predicted molar refractivity (Wildman–Crippen MR) is 95.2 cm³/mol. The van der Waals surface area contributed by atoms with Crippen molar-refractivity contribution in [1.29, 1.82) is 0 Å². The van der Waals surface area contributed by atoms with Gasteiger partial charge in [-0.1, -0.05) is 13.0 Å². The number of aliphatic hydroxyl groups is 1. The Morgan fingerprint density at radius 3 is 2.67 bits per heavy atom. The standard InChI is InChI=1S/C18H26N4O2/c1-3-7-16(21-8-5-6-9-21)20-17-14(10-19-15(17)4-2)18(24)22-11-13(23)12-22/h3,7,10,13,15,23H,4-6,8-9,11-12H2,1-2H3/b7-3-,20-16?. The van der Waals surface area contributed by atoms with Gasteiger partial charge in [-0.05, 0) is 32.3 Å². The zero-order chi connectivity index (χ0) is 17.1. The summed E-state index contributed by atoms with van der Waals surface area (Å²) in [6.07, 6.45) is 8.45. The van der Waals surface area contributed by atoms with Crippen LogP contribution in [0.4, 0.5) is 0 Å². The molecule has 3 aliphatic rings. The second-order valence-electron chi connectivity index (χ2n) is 6.53. The van der Waals surface area contributed by atoms with Crippen LogP contribution in [0, 0.1) is 0 Å². The molecule has 0 radical (unpaired) electrons. The van der Waals surface area contributed by atoms with Crippen LogP contribution in [0.3, 0.4) is 0 Å². The molecular formula is C18H26N4O2. The van der Waals surface area contributed by atoms with Crippen LogP contribution in [-0.2, 0) is 4.79 Å². The number of aliphatic imine (C=N–C) groups is 2. The lowest BCUT2D eigenvalue weighted by molar-refractivity contribution is -0.136. The van der Waals surface area contributed by atoms with E-state index in [9.17, 15) is 9.90 Å². The van der Waals surface area contributed by atoms with Crippen molar-refractivity contribution in [2.24, 2.45) is 9.98 Å². The number of amidine groups is 1. The maximum Gasteiger partial charge on any atom is 0.257 e. The number of nitrogens with zero attached hydrogens (tertiary/aromatic N) is 4. The molecule has 3 aliphatic heterocycles. The molecule has 3 rings (SSSR count). The summed E-state index contributed by atoms with van der Waals surface area (Å²) in [4.78, 5) is 25.9. The molecule has 0 bridgehead atoms. The van der Waals surface area contributed by atoms with Crippen molar-refractivity contribution >= 4 is 18.0 Å². The largest absolute Gasteiger partial charge is 0.389 e. The molecule has 24 heavy (non-hydrogen) atoms. The Labute approximate surface area is 143 Å². The molecule has 1 amide bonds. The third-order valence-electron chi connectivity index (χ3n) is 4.72. The van der Waals surface area contributed by atoms with Gasteiger partial charge >= 0.3 is 0 Å². The zero-order valence-corrected chi connectivity index (χ0v) is 14.5. The first-order valence-corrected chi connectivity index (χ1v) is 8.85. The molecule has 0 aromatic heterocycles. The molecule has 3 heterocycles. The second-order valence-corrected chi connectivity index (χ2v) is 6.53. The molecule has 6 nitrogen and oxygen atoms in total. The summed E-state index contributed by atoms with van der Waals surface area (Å²) in [6.45, 7) is 6.86. The summed E-state index contributed by atoms with van der Waals surface area (Å²) < 4.78 is 0. The Bertz CT molecular complexity index is 609. The Balaban J connectivity index is 1.91. The topological polar surface area (TPSA) is 68.5 Å². The Morgan fingerprint density at radius 2 is 2.08 bits per heavy atom. The minimum Gasteiger partial charge on any atom is -0.389 e. The van der Waals surface area contributed by atoms with Crippen molar-refractivity contribution in [3.05, 3.63) is 23.4 Å². The van der Waals surface area contributed by atoms with Crippen molar-refractivity contribution in [3.8, 4) is 0 Å². The van der Waals surface area contributed by atoms with E-state index in [1.807, 2.05) is 19.1 Å². The van der Waals surface area contributed by atoms with Gasteiger partial charge in [-0.3, -0.25) is 9.79 Å². The first-order valence-electron chi connectivity index (χ1n) is 8.85. The fraction of sp³-hybridized carbons (Fsp3) is 0.611. The van der Waals surface area contributed by atoms with Gasteiger partial charge in [-0.25, -0.2) is 4.99 Å². The maximum atomic E-state index is 12.7. The van der Waals surface area contributed by atoms with Gasteiger partial charge in [0.15, 0.2) is 0 Å². The first kappa shape index (κ1) is 16.9. The molecule has 0 aromatic carbocycles. The van der Waals surface area contributed by atoms with Crippen LogP contribution >= 0.6 is 0 Å². The molecule has 0 saturated carbocycles. The van der Waals surface area contributed by atoms with Crippen molar-refractivity contribution in [3.63, 3.8) is 0 Å². The van der Waals surface area contributed by atoms with E-state index in [2.05, 4.69) is 16.8 Å². The number of rotatable bonds is 4. The van der Waals surface area contributed by atoms with Crippen LogP contribution in [0.25, 0.3) is 0 Å². The third kappa shape index (κ3) is 3.29. The number of carbonyl (C=O) groups is 1. The lowest BCUT2D eigenvalue weighted by Gasteiger charge is -2.36. The van der Waals surface area contributed by atoms with E-state index >= 15 is 0 Å². The summed E-state index contributed by atoms with van der Waals surface area (Å²) in [5.74, 6) is 0.850. The average Bonchev–Trinajstić information content (AvgIpc) is 3.20. The van der Waals surface area contributed by atoms with Crippen LogP contribution in [0.2, 0.25) is 0 Å². The predicted octanol–water partition coefficient (Wildman–Crippen LogP) is 1.38. The molecule has 1 unspecified atom stereocenters. The van der Waals surface area contributed by atoms with E-state index in [0.29, 0.717) is 18.7 Å². The fourth-order valence-corrected chi connectivity index (χ4v) is 3.30. The number of aliphatic hydroxyl groups excluding tert-OH is 1. The van der Waals surface area contributed by atoms with Gasteiger partial charge in [-0.2, -0.15) is 0 Å². The van der Waals surface area contributed by atoms with E-state index in [0.717, 1.165) is 31.0 Å². The first-order chi connectivity index (χ1) is 11.6. The number of amides is 1. The number of hydrogen-bond donors (Lipinski definition) is 1. The minimum atomic E-state index is -0.398. The van der Waals surface area contributed by atoms with Crippen LogP contribution < -0.4 is 0 Å². The number of hydrogen-bond acceptors (Lipinski definition) is 4. The zero-order valence-electron chi connectivity index (χ0n) is 14.5. The van der Waals surface area contributed by atoms with E-state index < -0.39 is 6.10 Å². The molecule has 2 fully saturated rings. The number of β-amino-alcohol motifs (C(OH)–C–C–N with tert-alkyl or cyclic N) is 1. The van der Waals surface area contributed by atoms with Crippen LogP contribution in [0.1, 0.15) is 33.1 Å². The summed E-state index contributed by atoms with van der Waals surface area (Å²) >= 11 is 0. The van der Waals surface area contributed by atoms with Crippen molar-refractivity contribution in [2.45, 2.75) is 45.3 Å². The third-order valence-corrected chi connectivity index (χ3v) is 4.72. The van der Waals surface area contributed by atoms with Crippen molar-refractivity contribution < 1.29 is 9.90 Å². The van der Waals surface area contributed by atoms with Crippen molar-refractivity contribution in [2.75, 3.05) is 26.2 Å². The van der Waals surface area contributed by atoms with Crippen LogP contribution in [-0.4, -0.2) is 71.2 Å². The van der Waals surface area contributed by atoms with Gasteiger partial charge < -0.3 is 14.9 Å². The number of carbonyl (C=O) groups excluding carboxylic acids is 1. The molecule has 2 saturated heterocycles. The highest BCUT2D eigenvalue weighted by molar-refractivity contribution is 6.15. The molecule has 0 spiro atoms. The maximum absolute atomic E-state index is 12.7. The van der Waals surface area contributed by atoms with Crippen molar-refractivity contribution in [1.82, 2.24) is 9.80 Å². The Hall–Kier alpha value is -1.95. The quantitative estimate of drug-likeness (QED) is 0.625. The SMILES string of the molecule is C/C=C\C(=NC1=C(C(=O)N2CC(O)C2)C=NC1CC)N1CCCC1. The lowest BCUT2D eigenvalue weighted by atomic mass is 10.1. The Kier molecular flexibility index (Phi) is 5.14. The highest BCUT2D eigenvalue weighted by atomic mass is 16.3. The van der Waals surface area contributed by atoms with Gasteiger partial charge in [-0.15, -0.1) is 0 Å². The van der Waals surface area contributed by atoms with Gasteiger partial charge in [0, 0.05) is 32.4 Å². The highest BCUT2D eigenvalue weighted by Gasteiger charge is 2.34. The molecule has 0 aliphatic carbocycles. The minimum absolute atomic E-state index is 0.0574. The van der Waals surface area contributed by atoms with Gasteiger partial charge in [0.1, 0.15) is 5.84 Å². The molecular weight excluding hydrogens is 304 g/mol.